The lowest BCUT2D eigenvalue weighted by molar-refractivity contribution is -0.384. The van der Waals surface area contributed by atoms with Crippen LogP contribution in [-0.2, 0) is 24.8 Å². The number of nitrogens with one attached hydrogen (secondary N) is 1. The predicted octanol–water partition coefficient (Wildman–Crippen LogP) is 4.11. The number of rotatable bonds is 5. The first-order valence-corrected chi connectivity index (χ1v) is 10.8. The molecule has 0 saturated carbocycles. The Morgan fingerprint density at radius 1 is 1.12 bits per heavy atom. The topological polar surface area (TPSA) is 111 Å². The maximum absolute atomic E-state index is 13.5. The van der Waals surface area contributed by atoms with E-state index in [-0.39, 0.29) is 12.3 Å². The fourth-order valence-electron chi connectivity index (χ4n) is 4.74. The van der Waals surface area contributed by atoms with Crippen LogP contribution >= 0.6 is 0 Å². The molecule has 2 aliphatic rings. The first-order valence-electron chi connectivity index (χ1n) is 10.8. The van der Waals surface area contributed by atoms with Gasteiger partial charge in [0, 0.05) is 23.4 Å². The van der Waals surface area contributed by atoms with Crippen molar-refractivity contribution in [2.75, 3.05) is 17.0 Å². The fraction of sp³-hybridized carbons (Fsp3) is 0.200. The zero-order valence-corrected chi connectivity index (χ0v) is 18.2. The van der Waals surface area contributed by atoms with Gasteiger partial charge >= 0.3 is 5.97 Å². The van der Waals surface area contributed by atoms with E-state index in [1.807, 2.05) is 6.07 Å². The summed E-state index contributed by atoms with van der Waals surface area (Å²) in [5.74, 6) is -2.27. The number of fused-ring (bicyclic) bond motifs is 2. The van der Waals surface area contributed by atoms with Crippen LogP contribution in [-0.4, -0.2) is 23.4 Å². The third-order valence-corrected chi connectivity index (χ3v) is 6.14. The van der Waals surface area contributed by atoms with Crippen molar-refractivity contribution < 1.29 is 24.1 Å². The summed E-state index contributed by atoms with van der Waals surface area (Å²) in [6, 6.07) is 21.1. The van der Waals surface area contributed by atoms with Crippen molar-refractivity contribution in [3.63, 3.8) is 0 Å². The molecular formula is C25H21N3O6. The van der Waals surface area contributed by atoms with Crippen molar-refractivity contribution in [1.82, 2.24) is 0 Å². The summed E-state index contributed by atoms with van der Waals surface area (Å²) in [5.41, 5.74) is 0.229. The van der Waals surface area contributed by atoms with Crippen LogP contribution in [0.5, 0.6) is 0 Å². The zero-order valence-electron chi connectivity index (χ0n) is 18.2. The molecule has 0 radical (unpaired) electrons. The fourth-order valence-corrected chi connectivity index (χ4v) is 4.74. The van der Waals surface area contributed by atoms with E-state index in [4.69, 9.17) is 9.57 Å². The molecule has 3 atom stereocenters. The Morgan fingerprint density at radius 3 is 2.59 bits per heavy atom. The number of hydrogen-bond acceptors (Lipinski definition) is 7. The normalized spacial score (nSPS) is 23.0. The van der Waals surface area contributed by atoms with Crippen LogP contribution in [0.2, 0.25) is 0 Å². The van der Waals surface area contributed by atoms with Gasteiger partial charge in [0.1, 0.15) is 5.92 Å². The molecule has 2 aliphatic heterocycles. The van der Waals surface area contributed by atoms with Crippen molar-refractivity contribution in [1.29, 1.82) is 0 Å². The summed E-state index contributed by atoms with van der Waals surface area (Å²) in [6.07, 6.45) is 0. The Hall–Kier alpha value is -4.24. The van der Waals surface area contributed by atoms with E-state index in [2.05, 4.69) is 5.32 Å². The SMILES string of the molecule is CCOC(=O)[C@H]1[C@H](c2cccc([N+](=O)[O-])c2)N(c2ccccc2)OC12C(=O)Nc1ccccc12. The highest BCUT2D eigenvalue weighted by molar-refractivity contribution is 6.08. The molecular weight excluding hydrogens is 438 g/mol. The summed E-state index contributed by atoms with van der Waals surface area (Å²) < 4.78 is 5.43. The third-order valence-electron chi connectivity index (χ3n) is 6.14. The number of amides is 1. The van der Waals surface area contributed by atoms with Gasteiger partial charge in [-0.3, -0.25) is 24.5 Å². The number of para-hydroxylation sites is 2. The average molecular weight is 459 g/mol. The van der Waals surface area contributed by atoms with E-state index in [0.717, 1.165) is 0 Å². The van der Waals surface area contributed by atoms with Gasteiger partial charge < -0.3 is 10.1 Å². The summed E-state index contributed by atoms with van der Waals surface area (Å²) >= 11 is 0. The standard InChI is InChI=1S/C25H21N3O6/c1-2-33-23(29)21-22(16-9-8-12-18(15-16)28(31)32)27(17-10-4-3-5-11-17)34-25(21)19-13-6-7-14-20(19)26-24(25)30/h3-15,21-22H,2H2,1H3,(H,26,30)/t21-,22+,25?/m1/s1. The number of ether oxygens (including phenoxy) is 1. The maximum atomic E-state index is 13.5. The monoisotopic (exact) mass is 459 g/mol. The van der Waals surface area contributed by atoms with Gasteiger partial charge in [0.15, 0.2) is 0 Å². The number of carbonyl (C=O) groups excluding carboxylic acids is 2. The molecule has 172 valence electrons. The van der Waals surface area contributed by atoms with E-state index >= 15 is 0 Å². The third kappa shape index (κ3) is 3.20. The maximum Gasteiger partial charge on any atom is 0.315 e. The molecule has 1 amide bonds. The number of anilines is 2. The minimum Gasteiger partial charge on any atom is -0.466 e. The largest absolute Gasteiger partial charge is 0.466 e. The van der Waals surface area contributed by atoms with Gasteiger partial charge in [-0.15, -0.1) is 0 Å². The molecule has 5 rings (SSSR count). The van der Waals surface area contributed by atoms with Gasteiger partial charge in [-0.2, -0.15) is 0 Å². The molecule has 1 spiro atoms. The Bertz CT molecular complexity index is 1280. The van der Waals surface area contributed by atoms with Gasteiger partial charge in [-0.1, -0.05) is 48.5 Å². The average Bonchev–Trinajstić information content (AvgIpc) is 3.36. The summed E-state index contributed by atoms with van der Waals surface area (Å²) in [4.78, 5) is 44.5. The van der Waals surface area contributed by atoms with Crippen molar-refractivity contribution in [2.24, 2.45) is 5.92 Å². The number of nitro groups is 1. The molecule has 3 aromatic rings. The highest BCUT2D eigenvalue weighted by atomic mass is 16.7. The van der Waals surface area contributed by atoms with Crippen LogP contribution in [0, 0.1) is 16.0 Å². The molecule has 34 heavy (non-hydrogen) atoms. The summed E-state index contributed by atoms with van der Waals surface area (Å²) in [7, 11) is 0. The lowest BCUT2D eigenvalue weighted by Crippen LogP contribution is -2.45. The van der Waals surface area contributed by atoms with Gasteiger partial charge in [-0.05, 0) is 30.7 Å². The van der Waals surface area contributed by atoms with Crippen LogP contribution in [0.3, 0.4) is 0 Å². The molecule has 1 fully saturated rings. The molecule has 9 nitrogen and oxygen atoms in total. The van der Waals surface area contributed by atoms with Crippen LogP contribution in [0.1, 0.15) is 24.1 Å². The van der Waals surface area contributed by atoms with E-state index < -0.39 is 34.4 Å². The minimum atomic E-state index is -1.71. The molecule has 9 heteroatoms. The second kappa shape index (κ2) is 8.27. The van der Waals surface area contributed by atoms with Crippen molar-refractivity contribution in [3.8, 4) is 0 Å². The van der Waals surface area contributed by atoms with Gasteiger partial charge in [0.2, 0.25) is 5.60 Å². The molecule has 0 aromatic heterocycles. The van der Waals surface area contributed by atoms with Crippen molar-refractivity contribution in [3.05, 3.63) is 100 Å². The number of non-ortho nitro benzene ring substituents is 1. The van der Waals surface area contributed by atoms with Crippen LogP contribution in [0.25, 0.3) is 0 Å². The van der Waals surface area contributed by atoms with Crippen LogP contribution in [0.4, 0.5) is 17.1 Å². The lowest BCUT2D eigenvalue weighted by Gasteiger charge is -2.26. The smallest absolute Gasteiger partial charge is 0.315 e. The Morgan fingerprint density at radius 2 is 1.85 bits per heavy atom. The van der Waals surface area contributed by atoms with Crippen molar-refractivity contribution in [2.45, 2.75) is 18.6 Å². The molecule has 1 N–H and O–H groups in total. The van der Waals surface area contributed by atoms with Crippen LogP contribution < -0.4 is 10.4 Å². The Labute approximate surface area is 195 Å². The molecule has 2 heterocycles. The first kappa shape index (κ1) is 21.6. The van der Waals surface area contributed by atoms with E-state index in [1.165, 1.54) is 17.2 Å². The number of nitrogens with zero attached hydrogens (tertiary/aromatic N) is 2. The summed E-state index contributed by atoms with van der Waals surface area (Å²) in [5, 5.41) is 15.8. The number of carbonyl (C=O) groups is 2. The molecule has 0 bridgehead atoms. The highest BCUT2D eigenvalue weighted by Crippen LogP contribution is 2.57. The zero-order chi connectivity index (χ0) is 23.9. The highest BCUT2D eigenvalue weighted by Gasteiger charge is 2.67. The van der Waals surface area contributed by atoms with Crippen molar-refractivity contribution >= 4 is 28.9 Å². The molecule has 3 aromatic carbocycles. The second-order valence-electron chi connectivity index (χ2n) is 8.01. The number of hydrogen-bond donors (Lipinski definition) is 1. The number of nitro benzene ring substituents is 1. The number of benzene rings is 3. The Kier molecular flexibility index (Phi) is 5.25. The van der Waals surface area contributed by atoms with Gasteiger partial charge in [0.05, 0.1) is 23.3 Å². The number of hydroxylamine groups is 1. The first-order chi connectivity index (χ1) is 16.5. The van der Waals surface area contributed by atoms with Gasteiger partial charge in [-0.25, -0.2) is 5.06 Å². The van der Waals surface area contributed by atoms with Gasteiger partial charge in [0.25, 0.3) is 11.6 Å². The summed E-state index contributed by atoms with van der Waals surface area (Å²) in [6.45, 7) is 1.78. The quantitative estimate of drug-likeness (QED) is 0.347. The van der Waals surface area contributed by atoms with E-state index in [0.29, 0.717) is 22.5 Å². The predicted molar refractivity (Wildman–Crippen MR) is 123 cm³/mol. The van der Waals surface area contributed by atoms with E-state index in [9.17, 15) is 19.7 Å². The molecule has 0 aliphatic carbocycles. The van der Waals surface area contributed by atoms with Crippen LogP contribution in [0.15, 0.2) is 78.9 Å². The molecule has 1 unspecified atom stereocenters. The number of esters is 1. The lowest BCUT2D eigenvalue weighted by atomic mass is 9.76. The minimum absolute atomic E-state index is 0.0989. The van der Waals surface area contributed by atoms with E-state index in [1.54, 1.807) is 67.6 Å². The Balaban J connectivity index is 1.77. The molecule has 1 saturated heterocycles. The second-order valence-corrected chi connectivity index (χ2v) is 8.01.